The van der Waals surface area contributed by atoms with Crippen LogP contribution in [-0.2, 0) is 0 Å². The maximum atomic E-state index is 9.89. The van der Waals surface area contributed by atoms with Gasteiger partial charge in [0, 0.05) is 19.6 Å². The maximum absolute atomic E-state index is 9.89. The fourth-order valence-electron chi connectivity index (χ4n) is 2.30. The highest BCUT2D eigenvalue weighted by Crippen LogP contribution is 2.29. The van der Waals surface area contributed by atoms with Gasteiger partial charge in [-0.1, -0.05) is 17.7 Å². The highest BCUT2D eigenvalue weighted by Gasteiger charge is 2.22. The van der Waals surface area contributed by atoms with Gasteiger partial charge in [-0.2, -0.15) is 0 Å². The Morgan fingerprint density at radius 2 is 2.37 bits per heavy atom. The SMILES string of the molecule is CNCC(O)c1ccc(OC2CCN(C)C2)c(Cl)c1. The van der Waals surface area contributed by atoms with Crippen molar-refractivity contribution in [2.45, 2.75) is 18.6 Å². The molecular formula is C14H21ClN2O2. The molecule has 0 bridgehead atoms. The molecule has 2 N–H and O–H groups in total. The maximum Gasteiger partial charge on any atom is 0.138 e. The number of hydrogen-bond acceptors (Lipinski definition) is 4. The molecule has 1 saturated heterocycles. The first kappa shape index (κ1) is 14.6. The van der Waals surface area contributed by atoms with E-state index in [2.05, 4.69) is 17.3 Å². The highest BCUT2D eigenvalue weighted by molar-refractivity contribution is 6.32. The van der Waals surface area contributed by atoms with Crippen LogP contribution in [0.3, 0.4) is 0 Å². The number of benzene rings is 1. The molecule has 2 unspecified atom stereocenters. The van der Waals surface area contributed by atoms with E-state index in [1.807, 2.05) is 12.1 Å². The normalized spacial score (nSPS) is 21.6. The van der Waals surface area contributed by atoms with Crippen molar-refractivity contribution in [2.24, 2.45) is 0 Å². The van der Waals surface area contributed by atoms with Crippen LogP contribution in [0.4, 0.5) is 0 Å². The van der Waals surface area contributed by atoms with Gasteiger partial charge >= 0.3 is 0 Å². The number of nitrogens with one attached hydrogen (secondary N) is 1. The Labute approximate surface area is 119 Å². The number of likely N-dealkylation sites (tertiary alicyclic amines) is 1. The largest absolute Gasteiger partial charge is 0.487 e. The Morgan fingerprint density at radius 1 is 1.58 bits per heavy atom. The highest BCUT2D eigenvalue weighted by atomic mass is 35.5. The average molecular weight is 285 g/mol. The Balaban J connectivity index is 2.02. The second-order valence-corrected chi connectivity index (χ2v) is 5.46. The second-order valence-electron chi connectivity index (χ2n) is 5.05. The van der Waals surface area contributed by atoms with Gasteiger partial charge in [0.25, 0.3) is 0 Å². The third-order valence-corrected chi connectivity index (χ3v) is 3.68. The van der Waals surface area contributed by atoms with Crippen LogP contribution in [0.5, 0.6) is 5.75 Å². The molecule has 0 aliphatic carbocycles. The van der Waals surface area contributed by atoms with Gasteiger partial charge in [0.1, 0.15) is 11.9 Å². The van der Waals surface area contributed by atoms with Gasteiger partial charge in [-0.15, -0.1) is 0 Å². The van der Waals surface area contributed by atoms with E-state index < -0.39 is 6.10 Å². The molecule has 4 nitrogen and oxygen atoms in total. The minimum absolute atomic E-state index is 0.204. The summed E-state index contributed by atoms with van der Waals surface area (Å²) in [5, 5.41) is 13.4. The molecule has 0 spiro atoms. The number of ether oxygens (including phenoxy) is 1. The van der Waals surface area contributed by atoms with Crippen LogP contribution in [-0.4, -0.2) is 49.8 Å². The molecule has 0 aromatic heterocycles. The van der Waals surface area contributed by atoms with Crippen LogP contribution < -0.4 is 10.1 Å². The molecule has 1 heterocycles. The first-order valence-corrected chi connectivity index (χ1v) is 6.95. The summed E-state index contributed by atoms with van der Waals surface area (Å²) >= 11 is 6.22. The van der Waals surface area contributed by atoms with Crippen LogP contribution in [0.1, 0.15) is 18.1 Å². The molecule has 106 valence electrons. The second kappa shape index (κ2) is 6.57. The van der Waals surface area contributed by atoms with Gasteiger partial charge in [0.2, 0.25) is 0 Å². The summed E-state index contributed by atoms with van der Waals surface area (Å²) in [7, 11) is 3.89. The molecule has 1 aliphatic heterocycles. The lowest BCUT2D eigenvalue weighted by atomic mass is 10.1. The average Bonchev–Trinajstić information content (AvgIpc) is 2.78. The Morgan fingerprint density at radius 3 is 2.95 bits per heavy atom. The lowest BCUT2D eigenvalue weighted by Crippen LogP contribution is -2.21. The lowest BCUT2D eigenvalue weighted by molar-refractivity contribution is 0.177. The zero-order chi connectivity index (χ0) is 13.8. The Kier molecular flexibility index (Phi) is 5.05. The van der Waals surface area contributed by atoms with E-state index in [1.54, 1.807) is 13.1 Å². The molecule has 1 aromatic carbocycles. The van der Waals surface area contributed by atoms with Crippen molar-refractivity contribution in [1.82, 2.24) is 10.2 Å². The first-order chi connectivity index (χ1) is 9.10. The van der Waals surface area contributed by atoms with Crippen molar-refractivity contribution < 1.29 is 9.84 Å². The van der Waals surface area contributed by atoms with Crippen LogP contribution in [0.25, 0.3) is 0 Å². The standard InChI is InChI=1S/C14H21ClN2O2/c1-16-8-13(18)10-3-4-14(12(15)7-10)19-11-5-6-17(2)9-11/h3-4,7,11,13,16,18H,5-6,8-9H2,1-2H3. The zero-order valence-corrected chi connectivity index (χ0v) is 12.2. The summed E-state index contributed by atoms with van der Waals surface area (Å²) in [5.41, 5.74) is 0.801. The summed E-state index contributed by atoms with van der Waals surface area (Å²) in [4.78, 5) is 2.24. The van der Waals surface area contributed by atoms with Crippen molar-refractivity contribution in [3.8, 4) is 5.75 Å². The number of rotatable bonds is 5. The summed E-state index contributed by atoms with van der Waals surface area (Å²) in [6, 6.07) is 5.48. The van der Waals surface area contributed by atoms with Crippen molar-refractivity contribution in [3.63, 3.8) is 0 Å². The molecule has 5 heteroatoms. The fourth-order valence-corrected chi connectivity index (χ4v) is 2.53. The van der Waals surface area contributed by atoms with E-state index in [4.69, 9.17) is 16.3 Å². The zero-order valence-electron chi connectivity index (χ0n) is 11.4. The summed E-state index contributed by atoms with van der Waals surface area (Å²) in [5.74, 6) is 0.697. The van der Waals surface area contributed by atoms with Gasteiger partial charge < -0.3 is 20.1 Å². The fraction of sp³-hybridized carbons (Fsp3) is 0.571. The first-order valence-electron chi connectivity index (χ1n) is 6.57. The Bertz CT molecular complexity index is 428. The van der Waals surface area contributed by atoms with Crippen LogP contribution in [0.2, 0.25) is 5.02 Å². The minimum Gasteiger partial charge on any atom is -0.487 e. The summed E-state index contributed by atoms with van der Waals surface area (Å²) in [6.45, 7) is 2.49. The number of nitrogens with zero attached hydrogens (tertiary/aromatic N) is 1. The summed E-state index contributed by atoms with van der Waals surface area (Å²) in [6.07, 6.45) is 0.682. The number of aliphatic hydroxyl groups is 1. The molecule has 0 radical (unpaired) electrons. The van der Waals surface area contributed by atoms with Gasteiger partial charge in [0.05, 0.1) is 11.1 Å². The van der Waals surface area contributed by atoms with Crippen molar-refractivity contribution in [1.29, 1.82) is 0 Å². The van der Waals surface area contributed by atoms with E-state index in [-0.39, 0.29) is 6.10 Å². The number of halogens is 1. The van der Waals surface area contributed by atoms with Gasteiger partial charge in [-0.25, -0.2) is 0 Å². The van der Waals surface area contributed by atoms with E-state index in [0.717, 1.165) is 25.1 Å². The van der Waals surface area contributed by atoms with Crippen LogP contribution in [0, 0.1) is 0 Å². The number of likely N-dealkylation sites (N-methyl/N-ethyl adjacent to an activating group) is 2. The minimum atomic E-state index is -0.547. The Hall–Kier alpha value is -0.810. The van der Waals surface area contributed by atoms with Gasteiger partial charge in [-0.3, -0.25) is 0 Å². The molecule has 2 rings (SSSR count). The number of aliphatic hydroxyl groups excluding tert-OH is 1. The molecule has 0 amide bonds. The topological polar surface area (TPSA) is 44.7 Å². The third-order valence-electron chi connectivity index (χ3n) is 3.38. The number of hydrogen-bond donors (Lipinski definition) is 2. The molecule has 1 fully saturated rings. The van der Waals surface area contributed by atoms with E-state index in [9.17, 15) is 5.11 Å². The quantitative estimate of drug-likeness (QED) is 0.863. The van der Waals surface area contributed by atoms with E-state index >= 15 is 0 Å². The van der Waals surface area contributed by atoms with E-state index in [0.29, 0.717) is 17.3 Å². The summed E-state index contributed by atoms with van der Waals surface area (Å²) < 4.78 is 5.90. The smallest absolute Gasteiger partial charge is 0.138 e. The monoisotopic (exact) mass is 284 g/mol. The van der Waals surface area contributed by atoms with Crippen molar-refractivity contribution >= 4 is 11.6 Å². The van der Waals surface area contributed by atoms with Gasteiger partial charge in [0.15, 0.2) is 0 Å². The molecule has 1 aliphatic rings. The third kappa shape index (κ3) is 3.83. The van der Waals surface area contributed by atoms with E-state index in [1.165, 1.54) is 0 Å². The lowest BCUT2D eigenvalue weighted by Gasteiger charge is -2.17. The molecular weight excluding hydrogens is 264 g/mol. The van der Waals surface area contributed by atoms with Crippen molar-refractivity contribution in [3.05, 3.63) is 28.8 Å². The van der Waals surface area contributed by atoms with Crippen molar-refractivity contribution in [2.75, 3.05) is 33.7 Å². The predicted molar refractivity (Wildman–Crippen MR) is 76.9 cm³/mol. The van der Waals surface area contributed by atoms with Gasteiger partial charge in [-0.05, 0) is 38.2 Å². The van der Waals surface area contributed by atoms with Crippen LogP contribution in [0.15, 0.2) is 18.2 Å². The molecule has 19 heavy (non-hydrogen) atoms. The van der Waals surface area contributed by atoms with Crippen LogP contribution >= 0.6 is 11.6 Å². The predicted octanol–water partition coefficient (Wildman–Crippen LogP) is 1.68. The molecule has 0 saturated carbocycles. The molecule has 2 atom stereocenters. The molecule has 1 aromatic rings.